The first-order valence-corrected chi connectivity index (χ1v) is 8.18. The third-order valence-electron chi connectivity index (χ3n) is 3.70. The molecule has 0 saturated heterocycles. The van der Waals surface area contributed by atoms with E-state index in [0.717, 1.165) is 25.6 Å². The lowest BCUT2D eigenvalue weighted by Crippen LogP contribution is -3.00. The molecular weight excluding hydrogens is 374 g/mol. The molecule has 0 heterocycles. The molecule has 0 aliphatic rings. The summed E-state index contributed by atoms with van der Waals surface area (Å²) in [6.45, 7) is 1.39. The van der Waals surface area contributed by atoms with Crippen molar-refractivity contribution in [3.63, 3.8) is 0 Å². The second-order valence-electron chi connectivity index (χ2n) is 5.53. The molecule has 0 saturated carbocycles. The molecule has 0 aliphatic carbocycles. The van der Waals surface area contributed by atoms with E-state index in [1.165, 1.54) is 31.4 Å². The first-order valence-electron chi connectivity index (χ1n) is 8.18. The number of hydrogen-bond donors (Lipinski definition) is 5. The molecule has 0 spiro atoms. The second-order valence-corrected chi connectivity index (χ2v) is 5.53. The molecule has 8 heteroatoms. The zero-order valence-corrected chi connectivity index (χ0v) is 16.1. The van der Waals surface area contributed by atoms with Gasteiger partial charge in [-0.15, -0.1) is 0 Å². The highest BCUT2D eigenvalue weighted by Gasteiger charge is 2.10. The molecular formula is C19H26ClNO6. The molecule has 150 valence electrons. The number of benzene rings is 2. The van der Waals surface area contributed by atoms with Crippen LogP contribution < -0.4 is 22.5 Å². The monoisotopic (exact) mass is 399 g/mol. The molecule has 0 atom stereocenters. The highest BCUT2D eigenvalue weighted by atomic mass is 35.5. The number of phenolic OH excluding ortho intramolecular Hbond substituents is 3. The van der Waals surface area contributed by atoms with Gasteiger partial charge < -0.3 is 42.9 Å². The van der Waals surface area contributed by atoms with Gasteiger partial charge in [0.2, 0.25) is 0 Å². The maximum atomic E-state index is 12.1. The number of hydrogen-bond acceptors (Lipinski definition) is 6. The zero-order chi connectivity index (χ0) is 19.5. The SMILES string of the molecule is CO.COc1cc(O)cc(C(=O)CC[NH2+]CCc2ccc(O)c(O)c2)c1.[Cl-]. The summed E-state index contributed by atoms with van der Waals surface area (Å²) >= 11 is 0. The Morgan fingerprint density at radius 3 is 2.33 bits per heavy atom. The minimum Gasteiger partial charge on any atom is -1.00 e. The molecule has 0 aliphatic heterocycles. The number of ketones is 1. The average molecular weight is 400 g/mol. The number of halogens is 1. The Labute approximate surface area is 164 Å². The van der Waals surface area contributed by atoms with E-state index in [1.54, 1.807) is 12.1 Å². The Hall–Kier alpha value is -2.48. The topological polar surface area (TPSA) is 124 Å². The molecule has 2 rings (SSSR count). The summed E-state index contributed by atoms with van der Waals surface area (Å²) in [5.74, 6) is 0.154. The third kappa shape index (κ3) is 8.17. The molecule has 0 amide bonds. The third-order valence-corrected chi connectivity index (χ3v) is 3.70. The standard InChI is InChI=1S/C18H21NO5.CH4O.ClH/c1-24-15-10-13(9-14(20)11-15)16(21)5-7-19-6-4-12-2-3-17(22)18(23)8-12;1-2;/h2-3,8-11,19-20,22-23H,4-7H2,1H3;2H,1H3;1H. The fraction of sp³-hybridized carbons (Fsp3) is 0.316. The normalized spacial score (nSPS) is 9.59. The minimum atomic E-state index is -0.130. The van der Waals surface area contributed by atoms with Crippen LogP contribution in [-0.4, -0.2) is 53.5 Å². The lowest BCUT2D eigenvalue weighted by Gasteiger charge is -2.06. The van der Waals surface area contributed by atoms with Crippen molar-refractivity contribution in [1.29, 1.82) is 0 Å². The van der Waals surface area contributed by atoms with Gasteiger partial charge in [-0.1, -0.05) is 6.07 Å². The van der Waals surface area contributed by atoms with Crippen molar-refractivity contribution in [1.82, 2.24) is 0 Å². The van der Waals surface area contributed by atoms with Crippen LogP contribution in [0.2, 0.25) is 0 Å². The fourth-order valence-corrected chi connectivity index (χ4v) is 2.38. The van der Waals surface area contributed by atoms with E-state index < -0.39 is 0 Å². The number of carbonyl (C=O) groups excluding carboxylic acids is 1. The maximum Gasteiger partial charge on any atom is 0.168 e. The van der Waals surface area contributed by atoms with Gasteiger partial charge in [0, 0.05) is 25.2 Å². The molecule has 2 aromatic carbocycles. The van der Waals surface area contributed by atoms with Crippen molar-refractivity contribution in [3.05, 3.63) is 47.5 Å². The van der Waals surface area contributed by atoms with Crippen LogP contribution in [0.3, 0.4) is 0 Å². The number of aliphatic hydroxyl groups excluding tert-OH is 1. The van der Waals surface area contributed by atoms with Crippen molar-refractivity contribution in [2.24, 2.45) is 0 Å². The van der Waals surface area contributed by atoms with Gasteiger partial charge in [-0.3, -0.25) is 4.79 Å². The van der Waals surface area contributed by atoms with Crippen molar-refractivity contribution in [2.75, 3.05) is 27.3 Å². The molecule has 6 N–H and O–H groups in total. The van der Waals surface area contributed by atoms with Crippen molar-refractivity contribution in [2.45, 2.75) is 12.8 Å². The fourth-order valence-electron chi connectivity index (χ4n) is 2.38. The molecule has 27 heavy (non-hydrogen) atoms. The molecule has 0 bridgehead atoms. The number of ether oxygens (including phenoxy) is 1. The Balaban J connectivity index is 0.00000218. The van der Waals surface area contributed by atoms with E-state index in [-0.39, 0.29) is 35.4 Å². The summed E-state index contributed by atoms with van der Waals surface area (Å²) in [6, 6.07) is 9.26. The highest BCUT2D eigenvalue weighted by molar-refractivity contribution is 5.96. The number of rotatable bonds is 8. The second kappa shape index (κ2) is 12.8. The summed E-state index contributed by atoms with van der Waals surface area (Å²) in [5.41, 5.74) is 1.36. The van der Waals surface area contributed by atoms with Gasteiger partial charge in [-0.25, -0.2) is 0 Å². The average Bonchev–Trinajstić information content (AvgIpc) is 2.65. The zero-order valence-electron chi connectivity index (χ0n) is 15.4. The number of quaternary nitrogens is 1. The lowest BCUT2D eigenvalue weighted by molar-refractivity contribution is -0.653. The molecule has 0 fully saturated rings. The Bertz CT molecular complexity index is 723. The van der Waals surface area contributed by atoms with Crippen LogP contribution >= 0.6 is 0 Å². The van der Waals surface area contributed by atoms with E-state index in [4.69, 9.17) is 9.84 Å². The summed E-state index contributed by atoms with van der Waals surface area (Å²) in [7, 11) is 2.48. The predicted octanol–water partition coefficient (Wildman–Crippen LogP) is -2.20. The summed E-state index contributed by atoms with van der Waals surface area (Å²) in [6.07, 6.45) is 1.08. The Kier molecular flexibility index (Phi) is 11.6. The number of carbonyl (C=O) groups is 1. The van der Waals surface area contributed by atoms with E-state index in [0.29, 0.717) is 24.3 Å². The predicted molar refractivity (Wildman–Crippen MR) is 96.9 cm³/mol. The number of phenols is 3. The van der Waals surface area contributed by atoms with E-state index in [1.807, 2.05) is 5.32 Å². The van der Waals surface area contributed by atoms with Gasteiger partial charge in [0.05, 0.1) is 26.6 Å². The first-order chi connectivity index (χ1) is 12.5. The summed E-state index contributed by atoms with van der Waals surface area (Å²) in [4.78, 5) is 12.1. The van der Waals surface area contributed by atoms with Crippen LogP contribution in [0.5, 0.6) is 23.0 Å². The first kappa shape index (κ1) is 24.5. The molecule has 0 unspecified atom stereocenters. The lowest BCUT2D eigenvalue weighted by atomic mass is 10.1. The molecule has 0 aromatic heterocycles. The van der Waals surface area contributed by atoms with Gasteiger partial charge in [-0.2, -0.15) is 0 Å². The van der Waals surface area contributed by atoms with Crippen molar-refractivity contribution in [3.8, 4) is 23.0 Å². The largest absolute Gasteiger partial charge is 1.00 e. The van der Waals surface area contributed by atoms with Crippen molar-refractivity contribution < 1.29 is 47.7 Å². The van der Waals surface area contributed by atoms with E-state index in [2.05, 4.69) is 0 Å². The number of Topliss-reactive ketones (excluding diaryl/α,β-unsaturated/α-hetero) is 1. The van der Waals surface area contributed by atoms with Gasteiger partial charge in [0.1, 0.15) is 11.5 Å². The molecule has 0 radical (unpaired) electrons. The van der Waals surface area contributed by atoms with Crippen LogP contribution in [0.15, 0.2) is 36.4 Å². The van der Waals surface area contributed by atoms with Crippen LogP contribution in [0, 0.1) is 0 Å². The highest BCUT2D eigenvalue weighted by Crippen LogP contribution is 2.24. The van der Waals surface area contributed by atoms with Gasteiger partial charge in [-0.05, 0) is 29.8 Å². The number of nitrogens with two attached hydrogens (primary N) is 1. The van der Waals surface area contributed by atoms with Crippen molar-refractivity contribution >= 4 is 5.78 Å². The molecule has 7 nitrogen and oxygen atoms in total. The number of aromatic hydroxyl groups is 3. The van der Waals surface area contributed by atoms with Gasteiger partial charge in [0.15, 0.2) is 17.3 Å². The van der Waals surface area contributed by atoms with Gasteiger partial charge in [0.25, 0.3) is 0 Å². The van der Waals surface area contributed by atoms with Crippen LogP contribution in [0.1, 0.15) is 22.3 Å². The molecule has 2 aromatic rings. The van der Waals surface area contributed by atoms with Crippen LogP contribution in [0.4, 0.5) is 0 Å². The summed E-state index contributed by atoms with van der Waals surface area (Å²) in [5, 5.41) is 37.3. The van der Waals surface area contributed by atoms with Gasteiger partial charge >= 0.3 is 0 Å². The summed E-state index contributed by atoms with van der Waals surface area (Å²) < 4.78 is 5.04. The Morgan fingerprint density at radius 2 is 1.70 bits per heavy atom. The van der Waals surface area contributed by atoms with Crippen LogP contribution in [0.25, 0.3) is 0 Å². The van der Waals surface area contributed by atoms with E-state index >= 15 is 0 Å². The number of methoxy groups -OCH3 is 1. The Morgan fingerprint density at radius 1 is 1.00 bits per heavy atom. The smallest absolute Gasteiger partial charge is 0.168 e. The quantitative estimate of drug-likeness (QED) is 0.195. The van der Waals surface area contributed by atoms with E-state index in [9.17, 15) is 20.1 Å². The minimum absolute atomic E-state index is 0. The van der Waals surface area contributed by atoms with Crippen LogP contribution in [-0.2, 0) is 6.42 Å². The number of aliphatic hydroxyl groups is 1. The maximum absolute atomic E-state index is 12.1.